The molecule has 31 heavy (non-hydrogen) atoms. The lowest BCUT2D eigenvalue weighted by molar-refractivity contribution is -0.127. The molecule has 0 radical (unpaired) electrons. The molecule has 0 spiro atoms. The van der Waals surface area contributed by atoms with E-state index in [0.717, 1.165) is 25.3 Å². The highest BCUT2D eigenvalue weighted by molar-refractivity contribution is 7.93. The van der Waals surface area contributed by atoms with Crippen molar-refractivity contribution < 1.29 is 13.2 Å². The summed E-state index contributed by atoms with van der Waals surface area (Å²) in [6, 6.07) is 8.01. The van der Waals surface area contributed by atoms with Crippen LogP contribution in [0.15, 0.2) is 24.3 Å². The molecule has 1 aliphatic carbocycles. The predicted molar refractivity (Wildman–Crippen MR) is 127 cm³/mol. The third kappa shape index (κ3) is 7.38. The van der Waals surface area contributed by atoms with Gasteiger partial charge in [0.25, 0.3) is 0 Å². The van der Waals surface area contributed by atoms with Crippen molar-refractivity contribution in [2.75, 3.05) is 55.6 Å². The smallest absolute Gasteiger partial charge is 0.241 e. The summed E-state index contributed by atoms with van der Waals surface area (Å²) in [7, 11) is 0.0339. The summed E-state index contributed by atoms with van der Waals surface area (Å²) in [5.41, 5.74) is 1.61. The third-order valence-corrected chi connectivity index (χ3v) is 7.76. The van der Waals surface area contributed by atoms with E-state index in [9.17, 15) is 13.2 Å². The molecule has 7 nitrogen and oxygen atoms in total. The molecular formula is C23H38N4O3S. The van der Waals surface area contributed by atoms with Gasteiger partial charge in [-0.25, -0.2) is 8.42 Å². The summed E-state index contributed by atoms with van der Waals surface area (Å²) < 4.78 is 27.6. The largest absolute Gasteiger partial charge is 0.372 e. The van der Waals surface area contributed by atoms with Crippen LogP contribution in [0.4, 0.5) is 11.4 Å². The highest BCUT2D eigenvalue weighted by Crippen LogP contribution is 2.23. The van der Waals surface area contributed by atoms with E-state index in [-0.39, 0.29) is 5.91 Å². The minimum Gasteiger partial charge on any atom is -0.372 e. The lowest BCUT2D eigenvalue weighted by Gasteiger charge is -2.32. The lowest BCUT2D eigenvalue weighted by atomic mass is 9.94. The Morgan fingerprint density at radius 3 is 2.23 bits per heavy atom. The van der Waals surface area contributed by atoms with E-state index in [1.165, 1.54) is 56.3 Å². The molecule has 1 amide bonds. The van der Waals surface area contributed by atoms with Gasteiger partial charge in [-0.15, -0.1) is 0 Å². The predicted octanol–water partition coefficient (Wildman–Crippen LogP) is 3.14. The van der Waals surface area contributed by atoms with Crippen LogP contribution in [-0.4, -0.2) is 76.2 Å². The number of likely N-dealkylation sites (N-methyl/N-ethyl adjacent to an activating group) is 2. The maximum atomic E-state index is 12.5. The van der Waals surface area contributed by atoms with Crippen molar-refractivity contribution in [3.63, 3.8) is 0 Å². The molecule has 2 aliphatic rings. The number of benzene rings is 1. The fourth-order valence-corrected chi connectivity index (χ4v) is 5.63. The summed E-state index contributed by atoms with van der Waals surface area (Å²) >= 11 is 0. The van der Waals surface area contributed by atoms with Gasteiger partial charge < -0.3 is 14.7 Å². The molecule has 174 valence electrons. The number of carbonyl (C=O) groups excluding carboxylic acids is 1. The Bertz CT molecular complexity index is 801. The van der Waals surface area contributed by atoms with Gasteiger partial charge in [-0.3, -0.25) is 9.52 Å². The highest BCUT2D eigenvalue weighted by Gasteiger charge is 2.22. The first-order valence-corrected chi connectivity index (χ1v) is 13.3. The molecule has 0 bridgehead atoms. The first-order chi connectivity index (χ1) is 14.8. The molecule has 2 fully saturated rings. The van der Waals surface area contributed by atoms with Crippen molar-refractivity contribution in [2.45, 2.75) is 57.4 Å². The van der Waals surface area contributed by atoms with Crippen LogP contribution >= 0.6 is 0 Å². The van der Waals surface area contributed by atoms with Crippen LogP contribution in [0.1, 0.15) is 51.4 Å². The molecule has 1 aromatic carbocycles. The van der Waals surface area contributed by atoms with Gasteiger partial charge in [0.05, 0.1) is 0 Å². The van der Waals surface area contributed by atoms with Crippen LogP contribution in [0, 0.1) is 0 Å². The Hall–Kier alpha value is -1.80. The molecule has 1 saturated carbocycles. The van der Waals surface area contributed by atoms with E-state index < -0.39 is 15.8 Å². The van der Waals surface area contributed by atoms with Gasteiger partial charge >= 0.3 is 0 Å². The van der Waals surface area contributed by atoms with Gasteiger partial charge in [0.15, 0.2) is 0 Å². The normalized spacial score (nSPS) is 18.2. The first kappa shape index (κ1) is 23.9. The Kier molecular flexibility index (Phi) is 8.60. The monoisotopic (exact) mass is 450 g/mol. The van der Waals surface area contributed by atoms with Crippen molar-refractivity contribution in [1.82, 2.24) is 9.80 Å². The second-order valence-electron chi connectivity index (χ2n) is 9.04. The molecule has 0 unspecified atom stereocenters. The van der Waals surface area contributed by atoms with Crippen LogP contribution in [0.2, 0.25) is 0 Å². The van der Waals surface area contributed by atoms with E-state index in [4.69, 9.17) is 0 Å². The third-order valence-electron chi connectivity index (χ3n) is 6.59. The van der Waals surface area contributed by atoms with Crippen LogP contribution in [0.25, 0.3) is 0 Å². The quantitative estimate of drug-likeness (QED) is 0.626. The number of hydrogen-bond acceptors (Lipinski definition) is 5. The maximum absolute atomic E-state index is 12.5. The van der Waals surface area contributed by atoms with Gasteiger partial charge in [0.2, 0.25) is 15.9 Å². The fraction of sp³-hybridized carbons (Fsp3) is 0.696. The van der Waals surface area contributed by atoms with E-state index in [1.807, 2.05) is 12.1 Å². The zero-order valence-corrected chi connectivity index (χ0v) is 19.9. The molecule has 1 saturated heterocycles. The van der Waals surface area contributed by atoms with Gasteiger partial charge in [-0.1, -0.05) is 19.3 Å². The van der Waals surface area contributed by atoms with Crippen LogP contribution in [0.3, 0.4) is 0 Å². The molecule has 3 rings (SSSR count). The number of anilines is 2. The Balaban J connectivity index is 1.45. The highest BCUT2D eigenvalue weighted by atomic mass is 32.2. The minimum atomic E-state index is -3.74. The second-order valence-corrected chi connectivity index (χ2v) is 10.8. The van der Waals surface area contributed by atoms with Crippen molar-refractivity contribution in [1.29, 1.82) is 0 Å². The summed E-state index contributed by atoms with van der Waals surface area (Å²) in [5, 5.41) is 0. The topological polar surface area (TPSA) is 73.0 Å². The zero-order chi connectivity index (χ0) is 22.3. The number of nitrogens with zero attached hydrogens (tertiary/aromatic N) is 3. The maximum Gasteiger partial charge on any atom is 0.241 e. The molecule has 1 N–H and O–H groups in total. The second kappa shape index (κ2) is 11.2. The average Bonchev–Trinajstić information content (AvgIpc) is 2.78. The van der Waals surface area contributed by atoms with Crippen molar-refractivity contribution in [2.24, 2.45) is 0 Å². The van der Waals surface area contributed by atoms with Crippen molar-refractivity contribution in [3.8, 4) is 0 Å². The Morgan fingerprint density at radius 2 is 1.58 bits per heavy atom. The summed E-state index contributed by atoms with van der Waals surface area (Å²) in [6.45, 7) is 3.38. The number of rotatable bonds is 9. The van der Waals surface area contributed by atoms with Gasteiger partial charge in [-0.2, -0.15) is 0 Å². The summed E-state index contributed by atoms with van der Waals surface area (Å²) in [4.78, 5) is 18.6. The van der Waals surface area contributed by atoms with Crippen molar-refractivity contribution >= 4 is 27.3 Å². The van der Waals surface area contributed by atoms with Gasteiger partial charge in [0, 0.05) is 50.6 Å². The van der Waals surface area contributed by atoms with Gasteiger partial charge in [-0.05, 0) is 63.4 Å². The summed E-state index contributed by atoms with van der Waals surface area (Å²) in [6.07, 6.45) is 9.94. The standard InChI is InChI=1S/C23H38N4O3S/c1-25(21-9-5-3-6-10-21)17-18-26(2)23(28)19-31(29,30)24-20-11-13-22(14-12-20)27-15-7-4-8-16-27/h11-14,21,24H,3-10,15-19H2,1-2H3. The van der Waals surface area contributed by atoms with Crippen LogP contribution < -0.4 is 9.62 Å². The van der Waals surface area contributed by atoms with Crippen molar-refractivity contribution in [3.05, 3.63) is 24.3 Å². The number of piperidine rings is 1. The summed E-state index contributed by atoms with van der Waals surface area (Å²) in [5.74, 6) is -0.917. The number of carbonyl (C=O) groups is 1. The molecule has 0 atom stereocenters. The molecule has 8 heteroatoms. The SMILES string of the molecule is CN(CCN(C)C1CCCCC1)C(=O)CS(=O)(=O)Nc1ccc(N2CCCCC2)cc1. The Morgan fingerprint density at radius 1 is 0.968 bits per heavy atom. The van der Waals surface area contributed by atoms with E-state index in [2.05, 4.69) is 21.6 Å². The average molecular weight is 451 g/mol. The Labute approximate surface area is 187 Å². The zero-order valence-electron chi connectivity index (χ0n) is 19.1. The first-order valence-electron chi connectivity index (χ1n) is 11.6. The number of sulfonamides is 1. The van der Waals surface area contributed by atoms with Crippen LogP contribution in [0.5, 0.6) is 0 Å². The number of amides is 1. The molecular weight excluding hydrogens is 412 g/mol. The van der Waals surface area contributed by atoms with E-state index in [0.29, 0.717) is 18.3 Å². The fourth-order valence-electron chi connectivity index (χ4n) is 4.52. The van der Waals surface area contributed by atoms with Crippen LogP contribution in [-0.2, 0) is 14.8 Å². The molecule has 0 aromatic heterocycles. The lowest BCUT2D eigenvalue weighted by Crippen LogP contribution is -2.42. The van der Waals surface area contributed by atoms with Gasteiger partial charge in [0.1, 0.15) is 5.75 Å². The van der Waals surface area contributed by atoms with E-state index >= 15 is 0 Å². The van der Waals surface area contributed by atoms with E-state index in [1.54, 1.807) is 19.2 Å². The number of nitrogens with one attached hydrogen (secondary N) is 1. The number of hydrogen-bond donors (Lipinski definition) is 1. The minimum absolute atomic E-state index is 0.380. The molecule has 1 aromatic rings. The molecule has 1 heterocycles. The molecule has 1 aliphatic heterocycles.